The van der Waals surface area contributed by atoms with Crippen molar-refractivity contribution in [3.63, 3.8) is 0 Å². The molecule has 1 aliphatic carbocycles. The first kappa shape index (κ1) is 16.6. The second-order valence-electron chi connectivity index (χ2n) is 6.72. The number of amides is 1. The average Bonchev–Trinajstić information content (AvgIpc) is 3.29. The molecule has 1 aliphatic rings. The number of carbonyl (C=O) groups is 1. The fourth-order valence-corrected chi connectivity index (χ4v) is 2.58. The second kappa shape index (κ2) is 6.73. The van der Waals surface area contributed by atoms with Gasteiger partial charge in [0.15, 0.2) is 5.82 Å². The molecule has 1 saturated carbocycles. The summed E-state index contributed by atoms with van der Waals surface area (Å²) in [5.41, 5.74) is 3.09. The third kappa shape index (κ3) is 3.82. The lowest BCUT2D eigenvalue weighted by molar-refractivity contribution is -0.120. The molecular formula is C18H24N4O2. The number of aromatic nitrogens is 2. The zero-order valence-electron chi connectivity index (χ0n) is 14.7. The zero-order valence-corrected chi connectivity index (χ0v) is 14.7. The molecule has 2 aromatic rings. The number of rotatable bonds is 6. The summed E-state index contributed by atoms with van der Waals surface area (Å²) in [6.45, 7) is 6.39. The molecule has 128 valence electrons. The van der Waals surface area contributed by atoms with Crippen LogP contribution in [0.3, 0.4) is 0 Å². The van der Waals surface area contributed by atoms with E-state index in [9.17, 15) is 4.79 Å². The van der Waals surface area contributed by atoms with Gasteiger partial charge >= 0.3 is 0 Å². The molecule has 1 atom stereocenters. The number of aryl methyl sites for hydroxylation is 2. The molecule has 1 heterocycles. The monoisotopic (exact) mass is 328 g/mol. The lowest BCUT2D eigenvalue weighted by Gasteiger charge is -2.22. The van der Waals surface area contributed by atoms with Gasteiger partial charge in [-0.2, -0.15) is 4.98 Å². The summed E-state index contributed by atoms with van der Waals surface area (Å²) in [4.78, 5) is 18.8. The minimum atomic E-state index is -0.298. The normalized spacial score (nSPS) is 15.5. The van der Waals surface area contributed by atoms with Gasteiger partial charge in [0.1, 0.15) is 0 Å². The summed E-state index contributed by atoms with van der Waals surface area (Å²) in [5.74, 6) is 1.76. The summed E-state index contributed by atoms with van der Waals surface area (Å²) in [6.07, 6.45) is 2.26. The van der Waals surface area contributed by atoms with Gasteiger partial charge in [0.2, 0.25) is 11.8 Å². The van der Waals surface area contributed by atoms with Crippen molar-refractivity contribution in [2.24, 2.45) is 0 Å². The Kier molecular flexibility index (Phi) is 4.66. The van der Waals surface area contributed by atoms with Crippen LogP contribution in [0.2, 0.25) is 0 Å². The van der Waals surface area contributed by atoms with Gasteiger partial charge in [0.05, 0.1) is 12.6 Å². The van der Waals surface area contributed by atoms with Crippen molar-refractivity contribution in [1.82, 2.24) is 15.0 Å². The van der Waals surface area contributed by atoms with Gasteiger partial charge in [0, 0.05) is 11.6 Å². The molecule has 1 aromatic heterocycles. The number of nitrogens with one attached hydrogen (secondary N) is 1. The van der Waals surface area contributed by atoms with Crippen LogP contribution in [0.25, 0.3) is 0 Å². The van der Waals surface area contributed by atoms with E-state index in [4.69, 9.17) is 4.52 Å². The highest BCUT2D eigenvalue weighted by molar-refractivity contribution is 5.95. The topological polar surface area (TPSA) is 71.3 Å². The largest absolute Gasteiger partial charge is 0.339 e. The highest BCUT2D eigenvalue weighted by Gasteiger charge is 2.30. The fourth-order valence-electron chi connectivity index (χ4n) is 2.58. The second-order valence-corrected chi connectivity index (χ2v) is 6.72. The lowest BCUT2D eigenvalue weighted by atomic mass is 10.1. The van der Waals surface area contributed by atoms with E-state index in [0.717, 1.165) is 30.0 Å². The SMILES string of the molecule is Cc1ccc(NC(=O)C(C)N(C)Cc2noc(C3CC3)n2)c(C)c1. The van der Waals surface area contributed by atoms with Crippen molar-refractivity contribution >= 4 is 11.6 Å². The minimum Gasteiger partial charge on any atom is -0.339 e. The van der Waals surface area contributed by atoms with Crippen LogP contribution < -0.4 is 5.32 Å². The molecule has 0 radical (unpaired) electrons. The van der Waals surface area contributed by atoms with Gasteiger partial charge < -0.3 is 9.84 Å². The third-order valence-corrected chi connectivity index (χ3v) is 4.48. The Morgan fingerprint density at radius 2 is 2.17 bits per heavy atom. The van der Waals surface area contributed by atoms with Crippen LogP contribution in [0.1, 0.15) is 48.5 Å². The number of benzene rings is 1. The Labute approximate surface area is 142 Å². The number of likely N-dealkylation sites (N-methyl/N-ethyl adjacent to an activating group) is 1. The summed E-state index contributed by atoms with van der Waals surface area (Å²) in [7, 11) is 1.89. The average molecular weight is 328 g/mol. The summed E-state index contributed by atoms with van der Waals surface area (Å²) < 4.78 is 5.26. The van der Waals surface area contributed by atoms with E-state index in [2.05, 4.69) is 21.5 Å². The van der Waals surface area contributed by atoms with Crippen LogP contribution in [0.5, 0.6) is 0 Å². The molecule has 0 aliphatic heterocycles. The van der Waals surface area contributed by atoms with E-state index in [0.29, 0.717) is 18.3 Å². The quantitative estimate of drug-likeness (QED) is 0.882. The first-order valence-corrected chi connectivity index (χ1v) is 8.35. The molecule has 1 N–H and O–H groups in total. The lowest BCUT2D eigenvalue weighted by Crippen LogP contribution is -2.39. The van der Waals surface area contributed by atoms with Crippen molar-refractivity contribution in [3.8, 4) is 0 Å². The first-order chi connectivity index (χ1) is 11.4. The van der Waals surface area contributed by atoms with Gasteiger partial charge in [-0.15, -0.1) is 0 Å². The molecular weight excluding hydrogens is 304 g/mol. The van der Waals surface area contributed by atoms with Crippen LogP contribution in [0.15, 0.2) is 22.7 Å². The van der Waals surface area contributed by atoms with E-state index in [-0.39, 0.29) is 11.9 Å². The number of carbonyl (C=O) groups excluding carboxylic acids is 1. The molecule has 0 spiro atoms. The number of anilines is 1. The van der Waals surface area contributed by atoms with Crippen LogP contribution in [0.4, 0.5) is 5.69 Å². The van der Waals surface area contributed by atoms with Crippen LogP contribution >= 0.6 is 0 Å². The molecule has 0 bridgehead atoms. The van der Waals surface area contributed by atoms with Crippen LogP contribution in [-0.2, 0) is 11.3 Å². The van der Waals surface area contributed by atoms with E-state index in [1.165, 1.54) is 5.56 Å². The molecule has 3 rings (SSSR count). The maximum Gasteiger partial charge on any atom is 0.241 e. The van der Waals surface area contributed by atoms with E-state index in [1.807, 2.05) is 44.9 Å². The Hall–Kier alpha value is -2.21. The maximum atomic E-state index is 12.5. The standard InChI is InChI=1S/C18H24N4O2/c1-11-5-8-15(12(2)9-11)19-17(23)13(3)22(4)10-16-20-18(24-21-16)14-6-7-14/h5,8-9,13-14H,6-7,10H2,1-4H3,(H,19,23). The van der Waals surface area contributed by atoms with Crippen molar-refractivity contribution in [2.45, 2.75) is 52.1 Å². The maximum absolute atomic E-state index is 12.5. The Balaban J connectivity index is 1.59. The molecule has 6 nitrogen and oxygen atoms in total. The zero-order chi connectivity index (χ0) is 17.3. The molecule has 1 aromatic carbocycles. The smallest absolute Gasteiger partial charge is 0.241 e. The van der Waals surface area contributed by atoms with Gasteiger partial charge in [-0.05, 0) is 52.3 Å². The third-order valence-electron chi connectivity index (χ3n) is 4.48. The minimum absolute atomic E-state index is 0.0460. The van der Waals surface area contributed by atoms with Gasteiger partial charge in [0.25, 0.3) is 0 Å². The molecule has 1 amide bonds. The van der Waals surface area contributed by atoms with Gasteiger partial charge in [-0.3, -0.25) is 9.69 Å². The van der Waals surface area contributed by atoms with Crippen LogP contribution in [-0.4, -0.2) is 34.0 Å². The Morgan fingerprint density at radius 1 is 1.42 bits per heavy atom. The Morgan fingerprint density at radius 3 is 2.83 bits per heavy atom. The predicted molar refractivity (Wildman–Crippen MR) is 91.7 cm³/mol. The van der Waals surface area contributed by atoms with Crippen LogP contribution in [0, 0.1) is 13.8 Å². The number of hydrogen-bond acceptors (Lipinski definition) is 5. The highest BCUT2D eigenvalue weighted by atomic mass is 16.5. The molecule has 6 heteroatoms. The van der Waals surface area contributed by atoms with Crippen molar-refractivity contribution < 1.29 is 9.32 Å². The summed E-state index contributed by atoms with van der Waals surface area (Å²) in [5, 5.41) is 7.00. The van der Waals surface area contributed by atoms with E-state index >= 15 is 0 Å². The predicted octanol–water partition coefficient (Wildman–Crippen LogP) is 3.02. The molecule has 24 heavy (non-hydrogen) atoms. The highest BCUT2D eigenvalue weighted by Crippen LogP contribution is 2.38. The summed E-state index contributed by atoms with van der Waals surface area (Å²) >= 11 is 0. The first-order valence-electron chi connectivity index (χ1n) is 8.35. The van der Waals surface area contributed by atoms with Crippen molar-refractivity contribution in [2.75, 3.05) is 12.4 Å². The van der Waals surface area contributed by atoms with Gasteiger partial charge in [-0.1, -0.05) is 22.9 Å². The molecule has 1 unspecified atom stereocenters. The molecule has 0 saturated heterocycles. The van der Waals surface area contributed by atoms with Crippen molar-refractivity contribution in [3.05, 3.63) is 41.0 Å². The van der Waals surface area contributed by atoms with Crippen molar-refractivity contribution in [1.29, 1.82) is 0 Å². The summed E-state index contributed by atoms with van der Waals surface area (Å²) in [6, 6.07) is 5.70. The number of hydrogen-bond donors (Lipinski definition) is 1. The van der Waals surface area contributed by atoms with E-state index in [1.54, 1.807) is 0 Å². The number of nitrogens with zero attached hydrogens (tertiary/aromatic N) is 3. The Bertz CT molecular complexity index is 736. The molecule has 1 fully saturated rings. The van der Waals surface area contributed by atoms with Gasteiger partial charge in [-0.25, -0.2) is 0 Å². The van der Waals surface area contributed by atoms with E-state index < -0.39 is 0 Å². The fraction of sp³-hybridized carbons (Fsp3) is 0.500.